The van der Waals surface area contributed by atoms with Crippen molar-refractivity contribution in [1.29, 1.82) is 0 Å². The molecule has 1 fully saturated rings. The Morgan fingerprint density at radius 1 is 1.21 bits per heavy atom. The highest BCUT2D eigenvalue weighted by atomic mass is 35.5. The van der Waals surface area contributed by atoms with Crippen LogP contribution in [0.1, 0.15) is 19.3 Å². The molecule has 2 nitrogen and oxygen atoms in total. The van der Waals surface area contributed by atoms with Crippen LogP contribution in [0.25, 0.3) is 0 Å². The first-order chi connectivity index (χ1) is 6.86. The largest absolute Gasteiger partial charge is 0.405 e. The van der Waals surface area contributed by atoms with Gasteiger partial charge in [0.15, 0.2) is 0 Å². The normalized spacial score (nSPS) is 23.4. The average molecular weight is 212 g/mol. The zero-order chi connectivity index (χ0) is 9.80. The van der Waals surface area contributed by atoms with Crippen LogP contribution in [0.15, 0.2) is 30.3 Å². The van der Waals surface area contributed by atoms with Crippen LogP contribution in [0, 0.1) is 0 Å². The molecule has 1 heterocycles. The van der Waals surface area contributed by atoms with E-state index in [-0.39, 0.29) is 5.50 Å². The van der Waals surface area contributed by atoms with Crippen LogP contribution < -0.4 is 4.84 Å². The maximum absolute atomic E-state index is 6.13. The molecule has 1 aromatic carbocycles. The van der Waals surface area contributed by atoms with Gasteiger partial charge in [-0.25, -0.2) is 0 Å². The van der Waals surface area contributed by atoms with Crippen LogP contribution in [0.4, 0.5) is 0 Å². The van der Waals surface area contributed by atoms with E-state index in [4.69, 9.17) is 16.4 Å². The van der Waals surface area contributed by atoms with Crippen LogP contribution in [0.5, 0.6) is 5.75 Å². The molecular formula is C11H14ClNO. The standard InChI is InChI=1S/C11H14ClNO/c12-11-8-4-5-9-13(11)14-10-6-2-1-3-7-10/h1-3,6-7,11H,4-5,8-9H2. The molecule has 1 unspecified atom stereocenters. The smallest absolute Gasteiger partial charge is 0.147 e. The Morgan fingerprint density at radius 2 is 2.00 bits per heavy atom. The molecule has 0 aromatic heterocycles. The third-order valence-electron chi connectivity index (χ3n) is 2.35. The van der Waals surface area contributed by atoms with Gasteiger partial charge in [-0.15, -0.1) is 16.7 Å². The molecule has 1 aliphatic rings. The van der Waals surface area contributed by atoms with Crippen LogP contribution in [0.3, 0.4) is 0 Å². The molecule has 1 saturated heterocycles. The van der Waals surface area contributed by atoms with Gasteiger partial charge in [-0.3, -0.25) is 0 Å². The van der Waals surface area contributed by atoms with Crippen molar-refractivity contribution in [3.63, 3.8) is 0 Å². The summed E-state index contributed by atoms with van der Waals surface area (Å²) in [4.78, 5) is 5.67. The molecule has 0 aliphatic carbocycles. The number of hydrogen-bond acceptors (Lipinski definition) is 2. The molecule has 2 rings (SSSR count). The van der Waals surface area contributed by atoms with Gasteiger partial charge >= 0.3 is 0 Å². The quantitative estimate of drug-likeness (QED) is 0.551. The highest BCUT2D eigenvalue weighted by Crippen LogP contribution is 2.22. The number of rotatable bonds is 2. The van der Waals surface area contributed by atoms with Crippen LogP contribution in [-0.2, 0) is 0 Å². The summed E-state index contributed by atoms with van der Waals surface area (Å²) in [5, 5.41) is 1.86. The summed E-state index contributed by atoms with van der Waals surface area (Å²) < 4.78 is 0. The lowest BCUT2D eigenvalue weighted by atomic mass is 10.2. The highest BCUT2D eigenvalue weighted by molar-refractivity contribution is 6.20. The number of piperidine rings is 1. The Balaban J connectivity index is 1.96. The molecule has 3 heteroatoms. The van der Waals surface area contributed by atoms with Crippen molar-refractivity contribution in [3.05, 3.63) is 30.3 Å². The van der Waals surface area contributed by atoms with Crippen molar-refractivity contribution in [2.75, 3.05) is 6.54 Å². The first-order valence-corrected chi connectivity index (χ1v) is 5.43. The van der Waals surface area contributed by atoms with E-state index in [0.717, 1.165) is 25.1 Å². The van der Waals surface area contributed by atoms with E-state index in [9.17, 15) is 0 Å². The van der Waals surface area contributed by atoms with E-state index in [1.165, 1.54) is 6.42 Å². The zero-order valence-electron chi connectivity index (χ0n) is 8.03. The minimum atomic E-state index is 0.0176. The van der Waals surface area contributed by atoms with Gasteiger partial charge in [0.2, 0.25) is 0 Å². The van der Waals surface area contributed by atoms with Crippen LogP contribution >= 0.6 is 11.6 Å². The van der Waals surface area contributed by atoms with Crippen molar-refractivity contribution in [3.8, 4) is 5.75 Å². The summed E-state index contributed by atoms with van der Waals surface area (Å²) in [5.74, 6) is 0.861. The van der Waals surface area contributed by atoms with Gasteiger partial charge in [0.1, 0.15) is 11.3 Å². The molecule has 1 aliphatic heterocycles. The van der Waals surface area contributed by atoms with E-state index < -0.39 is 0 Å². The molecular weight excluding hydrogens is 198 g/mol. The van der Waals surface area contributed by atoms with Gasteiger partial charge in [-0.1, -0.05) is 18.2 Å². The fourth-order valence-electron chi connectivity index (χ4n) is 1.58. The molecule has 0 radical (unpaired) electrons. The van der Waals surface area contributed by atoms with E-state index in [1.807, 2.05) is 35.4 Å². The number of halogens is 1. The number of nitrogens with zero attached hydrogens (tertiary/aromatic N) is 1. The summed E-state index contributed by atoms with van der Waals surface area (Å²) in [5.41, 5.74) is 0.0176. The maximum Gasteiger partial charge on any atom is 0.147 e. The molecule has 0 amide bonds. The van der Waals surface area contributed by atoms with Crippen molar-refractivity contribution < 1.29 is 4.84 Å². The minimum absolute atomic E-state index is 0.0176. The summed E-state index contributed by atoms with van der Waals surface area (Å²) in [7, 11) is 0. The molecule has 1 atom stereocenters. The SMILES string of the molecule is ClC1CCCCN1Oc1ccccc1. The van der Waals surface area contributed by atoms with E-state index in [2.05, 4.69) is 0 Å². The second-order valence-corrected chi connectivity index (χ2v) is 3.98. The fraction of sp³-hybridized carbons (Fsp3) is 0.455. The monoisotopic (exact) mass is 211 g/mol. The number of benzene rings is 1. The van der Waals surface area contributed by atoms with Crippen molar-refractivity contribution in [1.82, 2.24) is 5.06 Å². The maximum atomic E-state index is 6.13. The van der Waals surface area contributed by atoms with Gasteiger partial charge in [0.25, 0.3) is 0 Å². The number of para-hydroxylation sites is 1. The Morgan fingerprint density at radius 3 is 2.71 bits per heavy atom. The van der Waals surface area contributed by atoms with E-state index in [0.29, 0.717) is 0 Å². The van der Waals surface area contributed by atoms with Crippen LogP contribution in [0.2, 0.25) is 0 Å². The number of hydroxylamine groups is 2. The molecule has 0 spiro atoms. The lowest BCUT2D eigenvalue weighted by Gasteiger charge is -2.30. The third kappa shape index (κ3) is 2.40. The van der Waals surface area contributed by atoms with Gasteiger partial charge in [-0.2, -0.15) is 0 Å². The first-order valence-electron chi connectivity index (χ1n) is 5.00. The predicted molar refractivity (Wildman–Crippen MR) is 57.3 cm³/mol. The van der Waals surface area contributed by atoms with Crippen LogP contribution in [-0.4, -0.2) is 17.1 Å². The zero-order valence-corrected chi connectivity index (χ0v) is 8.78. The Labute approximate surface area is 89.4 Å². The van der Waals surface area contributed by atoms with E-state index in [1.54, 1.807) is 0 Å². The molecule has 76 valence electrons. The Kier molecular flexibility index (Phi) is 3.27. The first kappa shape index (κ1) is 9.81. The Bertz CT molecular complexity index is 278. The topological polar surface area (TPSA) is 12.5 Å². The lowest BCUT2D eigenvalue weighted by molar-refractivity contribution is -0.0866. The van der Waals surface area contributed by atoms with Crippen molar-refractivity contribution >= 4 is 11.6 Å². The van der Waals surface area contributed by atoms with E-state index >= 15 is 0 Å². The molecule has 0 N–H and O–H groups in total. The van der Waals surface area contributed by atoms with Crippen molar-refractivity contribution in [2.45, 2.75) is 24.8 Å². The van der Waals surface area contributed by atoms with Gasteiger partial charge < -0.3 is 4.84 Å². The van der Waals surface area contributed by atoms with Gasteiger partial charge in [0, 0.05) is 6.54 Å². The lowest BCUT2D eigenvalue weighted by Crippen LogP contribution is -2.38. The van der Waals surface area contributed by atoms with Gasteiger partial charge in [-0.05, 0) is 31.4 Å². The molecule has 1 aromatic rings. The number of hydrogen-bond donors (Lipinski definition) is 0. The molecule has 0 bridgehead atoms. The van der Waals surface area contributed by atoms with Gasteiger partial charge in [0.05, 0.1) is 0 Å². The average Bonchev–Trinajstić information content (AvgIpc) is 2.23. The van der Waals surface area contributed by atoms with Crippen molar-refractivity contribution in [2.24, 2.45) is 0 Å². The second-order valence-electron chi connectivity index (χ2n) is 3.48. The summed E-state index contributed by atoms with van der Waals surface area (Å²) in [6.07, 6.45) is 3.37. The summed E-state index contributed by atoms with van der Waals surface area (Å²) in [6, 6.07) is 9.78. The minimum Gasteiger partial charge on any atom is -0.405 e. The summed E-state index contributed by atoms with van der Waals surface area (Å²) in [6.45, 7) is 0.920. The summed E-state index contributed by atoms with van der Waals surface area (Å²) >= 11 is 6.13. The molecule has 14 heavy (non-hydrogen) atoms. The number of alkyl halides is 1. The second kappa shape index (κ2) is 4.67. The third-order valence-corrected chi connectivity index (χ3v) is 2.79. The highest BCUT2D eigenvalue weighted by Gasteiger charge is 2.21. The molecule has 0 saturated carbocycles. The Hall–Kier alpha value is -0.730. The fourth-order valence-corrected chi connectivity index (χ4v) is 1.88. The predicted octanol–water partition coefficient (Wildman–Crippen LogP) is 3.03.